The molecule has 2 aromatic carbocycles. The molecular weight excluding hydrogens is 456 g/mol. The Morgan fingerprint density at radius 2 is 1.88 bits per heavy atom. The van der Waals surface area contributed by atoms with Crippen molar-refractivity contribution in [3.05, 3.63) is 96.0 Å². The van der Waals surface area contributed by atoms with Crippen molar-refractivity contribution in [2.45, 2.75) is 17.2 Å². The molecule has 9 heteroatoms. The number of furan rings is 1. The molecule has 0 bridgehead atoms. The minimum atomic E-state index is -4.01. The van der Waals surface area contributed by atoms with E-state index < -0.39 is 21.2 Å². The first-order chi connectivity index (χ1) is 16.3. The fourth-order valence-electron chi connectivity index (χ4n) is 3.64. The highest BCUT2D eigenvalue weighted by molar-refractivity contribution is 7.91. The highest BCUT2D eigenvalue weighted by Gasteiger charge is 2.31. The van der Waals surface area contributed by atoms with E-state index in [1.807, 2.05) is 0 Å². The molecule has 0 aliphatic rings. The van der Waals surface area contributed by atoms with Crippen molar-refractivity contribution >= 4 is 21.5 Å². The van der Waals surface area contributed by atoms with Gasteiger partial charge in [-0.3, -0.25) is 4.98 Å². The highest BCUT2D eigenvalue weighted by Crippen LogP contribution is 2.35. The minimum absolute atomic E-state index is 0.0522. The number of aryl methyl sites for hydroxylation is 1. The number of hydrogen-bond acceptors (Lipinski definition) is 7. The van der Waals surface area contributed by atoms with Gasteiger partial charge in [0, 0.05) is 23.5 Å². The Balaban J connectivity index is 1.83. The predicted molar refractivity (Wildman–Crippen MR) is 127 cm³/mol. The number of carboxylic acids is 1. The van der Waals surface area contributed by atoms with Crippen LogP contribution in [0.2, 0.25) is 0 Å². The second-order valence-corrected chi connectivity index (χ2v) is 9.56. The number of carboxylic acid groups (broad SMARTS) is 1. The first kappa shape index (κ1) is 23.1. The summed E-state index contributed by atoms with van der Waals surface area (Å²) < 4.78 is 37.9. The maximum atomic E-state index is 13.7. The molecule has 8 nitrogen and oxygen atoms in total. The zero-order valence-electron chi connectivity index (χ0n) is 18.4. The molecule has 34 heavy (non-hydrogen) atoms. The molecular formula is C25H22N2O6S. The van der Waals surface area contributed by atoms with Crippen molar-refractivity contribution in [3.8, 4) is 17.1 Å². The van der Waals surface area contributed by atoms with E-state index in [0.29, 0.717) is 28.2 Å². The van der Waals surface area contributed by atoms with Gasteiger partial charge in [0.05, 0.1) is 29.5 Å². The monoisotopic (exact) mass is 478 g/mol. The van der Waals surface area contributed by atoms with Crippen LogP contribution < -0.4 is 10.1 Å². The van der Waals surface area contributed by atoms with E-state index in [4.69, 9.17) is 9.15 Å². The smallest absolute Gasteiger partial charge is 0.337 e. The molecule has 174 valence electrons. The van der Waals surface area contributed by atoms with Gasteiger partial charge in [-0.1, -0.05) is 6.07 Å². The molecule has 0 saturated heterocycles. The van der Waals surface area contributed by atoms with Crippen LogP contribution in [0.25, 0.3) is 11.3 Å². The first-order valence-corrected chi connectivity index (χ1v) is 11.8. The summed E-state index contributed by atoms with van der Waals surface area (Å²) in [6.45, 7) is 1.71. The Morgan fingerprint density at radius 3 is 2.47 bits per heavy atom. The van der Waals surface area contributed by atoms with Gasteiger partial charge < -0.3 is 19.6 Å². The zero-order chi connectivity index (χ0) is 24.3. The highest BCUT2D eigenvalue weighted by atomic mass is 32.2. The Morgan fingerprint density at radius 1 is 1.12 bits per heavy atom. The van der Waals surface area contributed by atoms with Crippen LogP contribution >= 0.6 is 0 Å². The van der Waals surface area contributed by atoms with E-state index in [1.165, 1.54) is 44.0 Å². The Bertz CT molecular complexity index is 1400. The molecule has 1 atom stereocenters. The maximum absolute atomic E-state index is 13.7. The van der Waals surface area contributed by atoms with Crippen molar-refractivity contribution in [1.82, 2.24) is 4.98 Å². The third-order valence-electron chi connectivity index (χ3n) is 5.33. The molecule has 4 rings (SSSR count). The van der Waals surface area contributed by atoms with Gasteiger partial charge in [-0.15, -0.1) is 0 Å². The second-order valence-electron chi connectivity index (χ2n) is 7.53. The number of hydrogen-bond donors (Lipinski definition) is 2. The molecule has 0 fully saturated rings. The van der Waals surface area contributed by atoms with E-state index in [9.17, 15) is 18.3 Å². The van der Waals surface area contributed by atoms with Crippen LogP contribution in [0, 0.1) is 6.92 Å². The molecule has 0 aliphatic heterocycles. The molecule has 0 spiro atoms. The number of rotatable bonds is 8. The third kappa shape index (κ3) is 4.51. The fourth-order valence-corrected chi connectivity index (χ4v) is 5.19. The molecule has 1 unspecified atom stereocenters. The standard InChI is InChI=1S/C25H22N2O6S/c1-16-13-18(22-6-4-12-33-22)14-21(25(28)29)23(16)27-24(17-5-3-11-26-15-17)34(30,31)20-9-7-19(32-2)8-10-20/h3-15,24,27H,1-2H3,(H,28,29). The lowest BCUT2D eigenvalue weighted by atomic mass is 10.0. The molecule has 4 aromatic rings. The van der Waals surface area contributed by atoms with E-state index in [2.05, 4.69) is 10.3 Å². The number of nitrogens with one attached hydrogen (secondary N) is 1. The van der Waals surface area contributed by atoms with Crippen LogP contribution in [0.1, 0.15) is 26.9 Å². The number of aromatic nitrogens is 1. The number of sulfone groups is 1. The largest absolute Gasteiger partial charge is 0.497 e. The van der Waals surface area contributed by atoms with Gasteiger partial charge in [-0.2, -0.15) is 0 Å². The topological polar surface area (TPSA) is 119 Å². The minimum Gasteiger partial charge on any atom is -0.497 e. The van der Waals surface area contributed by atoms with Crippen molar-refractivity contribution < 1.29 is 27.5 Å². The maximum Gasteiger partial charge on any atom is 0.337 e. The Kier molecular flexibility index (Phi) is 6.38. The summed E-state index contributed by atoms with van der Waals surface area (Å²) in [7, 11) is -2.52. The van der Waals surface area contributed by atoms with Gasteiger partial charge in [0.25, 0.3) is 0 Å². The molecule has 2 aromatic heterocycles. The number of benzene rings is 2. The van der Waals surface area contributed by atoms with Crippen LogP contribution in [-0.2, 0) is 9.84 Å². The summed E-state index contributed by atoms with van der Waals surface area (Å²) in [5.41, 5.74) is 1.59. The quantitative estimate of drug-likeness (QED) is 0.365. The normalized spacial score (nSPS) is 12.2. The SMILES string of the molecule is COc1ccc(S(=O)(=O)C(Nc2c(C)cc(-c3ccco3)cc2C(=O)O)c2cccnc2)cc1. The number of ether oxygens (including phenoxy) is 1. The van der Waals surface area contributed by atoms with Gasteiger partial charge in [0.1, 0.15) is 11.5 Å². The van der Waals surface area contributed by atoms with E-state index in [1.54, 1.807) is 49.4 Å². The average molecular weight is 479 g/mol. The molecule has 0 saturated carbocycles. The summed E-state index contributed by atoms with van der Waals surface area (Å²) >= 11 is 0. The van der Waals surface area contributed by atoms with Crippen LogP contribution in [0.15, 0.2) is 88.6 Å². The summed E-state index contributed by atoms with van der Waals surface area (Å²) in [5.74, 6) is -0.181. The van der Waals surface area contributed by atoms with Crippen LogP contribution in [0.4, 0.5) is 5.69 Å². The molecule has 0 amide bonds. The summed E-state index contributed by atoms with van der Waals surface area (Å²) in [6.07, 6.45) is 4.47. The van der Waals surface area contributed by atoms with Gasteiger partial charge in [-0.25, -0.2) is 13.2 Å². The van der Waals surface area contributed by atoms with E-state index in [0.717, 1.165) is 0 Å². The summed E-state index contributed by atoms with van der Waals surface area (Å²) in [6, 6.07) is 15.9. The lowest BCUT2D eigenvalue weighted by molar-refractivity contribution is 0.0698. The number of methoxy groups -OCH3 is 1. The van der Waals surface area contributed by atoms with Gasteiger partial charge in [-0.05, 0) is 67.1 Å². The van der Waals surface area contributed by atoms with Crippen molar-refractivity contribution in [3.63, 3.8) is 0 Å². The number of nitrogens with zero attached hydrogens (tertiary/aromatic N) is 1. The lowest BCUT2D eigenvalue weighted by Gasteiger charge is -2.23. The summed E-state index contributed by atoms with van der Waals surface area (Å²) in [4.78, 5) is 16.3. The fraction of sp³-hybridized carbons (Fsp3) is 0.120. The Labute approximate surface area is 196 Å². The zero-order valence-corrected chi connectivity index (χ0v) is 19.2. The first-order valence-electron chi connectivity index (χ1n) is 10.3. The number of anilines is 1. The molecule has 2 N–H and O–H groups in total. The van der Waals surface area contributed by atoms with Crippen molar-refractivity contribution in [2.24, 2.45) is 0 Å². The second kappa shape index (κ2) is 9.40. The van der Waals surface area contributed by atoms with Gasteiger partial charge in [0.2, 0.25) is 9.84 Å². The lowest BCUT2D eigenvalue weighted by Crippen LogP contribution is -2.23. The van der Waals surface area contributed by atoms with Crippen molar-refractivity contribution in [1.29, 1.82) is 0 Å². The van der Waals surface area contributed by atoms with Gasteiger partial charge in [0.15, 0.2) is 5.37 Å². The Hall–Kier alpha value is -4.11. The average Bonchev–Trinajstić information content (AvgIpc) is 3.38. The number of aromatic carboxylic acids is 1. The third-order valence-corrected chi connectivity index (χ3v) is 7.27. The molecule has 2 heterocycles. The van der Waals surface area contributed by atoms with Crippen LogP contribution in [0.3, 0.4) is 0 Å². The van der Waals surface area contributed by atoms with E-state index in [-0.39, 0.29) is 16.1 Å². The van der Waals surface area contributed by atoms with Crippen LogP contribution in [-0.4, -0.2) is 31.6 Å². The van der Waals surface area contributed by atoms with Gasteiger partial charge >= 0.3 is 5.97 Å². The molecule has 0 radical (unpaired) electrons. The molecule has 0 aliphatic carbocycles. The van der Waals surface area contributed by atoms with E-state index >= 15 is 0 Å². The number of carbonyl (C=O) groups is 1. The van der Waals surface area contributed by atoms with Crippen LogP contribution in [0.5, 0.6) is 5.75 Å². The van der Waals surface area contributed by atoms with Crippen molar-refractivity contribution in [2.75, 3.05) is 12.4 Å². The number of pyridine rings is 1. The summed E-state index contributed by atoms with van der Waals surface area (Å²) in [5, 5.41) is 11.6. The predicted octanol–water partition coefficient (Wildman–Crippen LogP) is 4.94.